The van der Waals surface area contributed by atoms with Gasteiger partial charge in [0.15, 0.2) is 0 Å². The number of nitrogens with zero attached hydrogens (tertiary/aromatic N) is 1. The van der Waals surface area contributed by atoms with Gasteiger partial charge in [-0.25, -0.2) is 0 Å². The van der Waals surface area contributed by atoms with Crippen LogP contribution in [0.25, 0.3) is 0 Å². The number of carbonyl (C=O) groups excluding carboxylic acids is 1. The largest absolute Gasteiger partial charge is 0.325 e. The van der Waals surface area contributed by atoms with E-state index in [1.54, 1.807) is 0 Å². The van der Waals surface area contributed by atoms with E-state index in [0.29, 0.717) is 0 Å². The van der Waals surface area contributed by atoms with Gasteiger partial charge in [0.1, 0.15) is 6.42 Å². The monoisotopic (exact) mass is 216 g/mol. The fourth-order valence-electron chi connectivity index (χ4n) is 1.66. The lowest BCUT2D eigenvalue weighted by Gasteiger charge is -2.15. The minimum absolute atomic E-state index is 0.105. The van der Waals surface area contributed by atoms with Crippen LogP contribution in [0.15, 0.2) is 6.07 Å². The topological polar surface area (TPSA) is 52.9 Å². The molecule has 0 aliphatic heterocycles. The third kappa shape index (κ3) is 2.40. The molecular formula is C13H16N2O. The molecule has 0 aromatic heterocycles. The highest BCUT2D eigenvalue weighted by Gasteiger charge is 2.10. The predicted molar refractivity (Wildman–Crippen MR) is 64.2 cm³/mol. The molecular weight excluding hydrogens is 200 g/mol. The second-order valence-electron chi connectivity index (χ2n) is 4.02. The SMILES string of the molecule is Cc1cc(C)c(C)c(NC(=O)CC#N)c1C. The summed E-state index contributed by atoms with van der Waals surface area (Å²) in [6, 6.07) is 3.95. The van der Waals surface area contributed by atoms with Gasteiger partial charge in [0.25, 0.3) is 0 Å². The zero-order valence-electron chi connectivity index (χ0n) is 10.1. The van der Waals surface area contributed by atoms with Gasteiger partial charge in [-0.1, -0.05) is 6.07 Å². The van der Waals surface area contributed by atoms with Gasteiger partial charge < -0.3 is 5.32 Å². The second-order valence-corrected chi connectivity index (χ2v) is 4.02. The number of rotatable bonds is 2. The first-order chi connectivity index (χ1) is 7.47. The van der Waals surface area contributed by atoms with Crippen LogP contribution in [0, 0.1) is 39.0 Å². The summed E-state index contributed by atoms with van der Waals surface area (Å²) in [5.74, 6) is -0.251. The van der Waals surface area contributed by atoms with E-state index >= 15 is 0 Å². The van der Waals surface area contributed by atoms with Crippen molar-refractivity contribution >= 4 is 11.6 Å². The maximum atomic E-state index is 11.4. The number of nitrogens with one attached hydrogen (secondary N) is 1. The van der Waals surface area contributed by atoms with Gasteiger partial charge in [-0.3, -0.25) is 4.79 Å². The van der Waals surface area contributed by atoms with Crippen LogP contribution in [0.5, 0.6) is 0 Å². The standard InChI is InChI=1S/C13H16N2O/c1-8-7-9(2)11(4)13(10(8)3)15-12(16)5-6-14/h7H,5H2,1-4H3,(H,15,16). The summed E-state index contributed by atoms with van der Waals surface area (Å²) in [6.07, 6.45) is -0.105. The Morgan fingerprint density at radius 1 is 1.25 bits per heavy atom. The van der Waals surface area contributed by atoms with Gasteiger partial charge in [0.2, 0.25) is 5.91 Å². The van der Waals surface area contributed by atoms with Crippen molar-refractivity contribution in [2.24, 2.45) is 0 Å². The van der Waals surface area contributed by atoms with Gasteiger partial charge in [-0.05, 0) is 49.9 Å². The highest BCUT2D eigenvalue weighted by atomic mass is 16.1. The zero-order chi connectivity index (χ0) is 12.3. The van der Waals surface area contributed by atoms with Gasteiger partial charge in [0, 0.05) is 5.69 Å². The van der Waals surface area contributed by atoms with Crippen LogP contribution in [0.3, 0.4) is 0 Å². The van der Waals surface area contributed by atoms with Crippen LogP contribution in [0.4, 0.5) is 5.69 Å². The molecule has 16 heavy (non-hydrogen) atoms. The van der Waals surface area contributed by atoms with E-state index in [-0.39, 0.29) is 12.3 Å². The Hall–Kier alpha value is -1.82. The minimum Gasteiger partial charge on any atom is -0.325 e. The molecule has 3 heteroatoms. The Morgan fingerprint density at radius 2 is 1.75 bits per heavy atom. The van der Waals surface area contributed by atoms with Crippen molar-refractivity contribution in [3.63, 3.8) is 0 Å². The molecule has 1 N–H and O–H groups in total. The smallest absolute Gasteiger partial charge is 0.238 e. The summed E-state index contributed by atoms with van der Waals surface area (Å²) < 4.78 is 0. The molecule has 0 unspecified atom stereocenters. The third-order valence-corrected chi connectivity index (χ3v) is 2.87. The van der Waals surface area contributed by atoms with Gasteiger partial charge >= 0.3 is 0 Å². The first kappa shape index (κ1) is 12.3. The number of carbonyl (C=O) groups is 1. The normalized spacial score (nSPS) is 9.69. The van der Waals surface area contributed by atoms with Crippen molar-refractivity contribution in [2.45, 2.75) is 34.1 Å². The Morgan fingerprint density at radius 3 is 2.19 bits per heavy atom. The molecule has 0 aliphatic rings. The average Bonchev–Trinajstić information content (AvgIpc) is 2.22. The summed E-state index contributed by atoms with van der Waals surface area (Å²) in [5, 5.41) is 11.3. The van der Waals surface area contributed by atoms with Crippen LogP contribution in [0.2, 0.25) is 0 Å². The fraction of sp³-hybridized carbons (Fsp3) is 0.385. The second kappa shape index (κ2) is 4.80. The lowest BCUT2D eigenvalue weighted by atomic mass is 9.98. The van der Waals surface area contributed by atoms with Crippen LogP contribution in [0.1, 0.15) is 28.7 Å². The maximum Gasteiger partial charge on any atom is 0.238 e. The molecule has 0 spiro atoms. The van der Waals surface area contributed by atoms with Crippen LogP contribution in [-0.4, -0.2) is 5.91 Å². The van der Waals surface area contributed by atoms with E-state index in [1.165, 1.54) is 0 Å². The Kier molecular flexibility index (Phi) is 3.68. The third-order valence-electron chi connectivity index (χ3n) is 2.87. The molecule has 0 fully saturated rings. The molecule has 1 rings (SSSR count). The van der Waals surface area contributed by atoms with E-state index < -0.39 is 0 Å². The number of benzene rings is 1. The van der Waals surface area contributed by atoms with Crippen molar-refractivity contribution in [3.05, 3.63) is 28.3 Å². The number of anilines is 1. The number of aryl methyl sites for hydroxylation is 2. The van der Waals surface area contributed by atoms with E-state index in [4.69, 9.17) is 5.26 Å². The van der Waals surface area contributed by atoms with Crippen LogP contribution in [-0.2, 0) is 4.79 Å². The highest BCUT2D eigenvalue weighted by Crippen LogP contribution is 2.26. The van der Waals surface area contributed by atoms with E-state index in [9.17, 15) is 4.79 Å². The van der Waals surface area contributed by atoms with Gasteiger partial charge in [0.05, 0.1) is 6.07 Å². The minimum atomic E-state index is -0.251. The average molecular weight is 216 g/mol. The Labute approximate surface area is 96.1 Å². The van der Waals surface area contributed by atoms with E-state index in [1.807, 2.05) is 33.8 Å². The number of nitriles is 1. The fourth-order valence-corrected chi connectivity index (χ4v) is 1.66. The lowest BCUT2D eigenvalue weighted by molar-refractivity contribution is -0.115. The molecule has 84 valence electrons. The number of hydrogen-bond acceptors (Lipinski definition) is 2. The molecule has 3 nitrogen and oxygen atoms in total. The molecule has 0 bridgehead atoms. The van der Waals surface area contributed by atoms with Crippen molar-refractivity contribution in [1.29, 1.82) is 5.26 Å². The van der Waals surface area contributed by atoms with Crippen molar-refractivity contribution in [3.8, 4) is 6.07 Å². The number of amides is 1. The van der Waals surface area contributed by atoms with Gasteiger partial charge in [-0.15, -0.1) is 0 Å². The molecule has 0 aliphatic carbocycles. The first-order valence-corrected chi connectivity index (χ1v) is 5.21. The molecule has 1 amide bonds. The van der Waals surface area contributed by atoms with Crippen molar-refractivity contribution in [2.75, 3.05) is 5.32 Å². The highest BCUT2D eigenvalue weighted by molar-refractivity contribution is 5.94. The lowest BCUT2D eigenvalue weighted by Crippen LogP contribution is -2.13. The van der Waals surface area contributed by atoms with Crippen LogP contribution >= 0.6 is 0 Å². The van der Waals surface area contributed by atoms with Gasteiger partial charge in [-0.2, -0.15) is 5.26 Å². The molecule has 1 aromatic carbocycles. The Balaban J connectivity index is 3.13. The molecule has 0 atom stereocenters. The summed E-state index contributed by atoms with van der Waals surface area (Å²) >= 11 is 0. The Bertz CT molecular complexity index is 444. The molecule has 0 heterocycles. The zero-order valence-corrected chi connectivity index (χ0v) is 10.1. The molecule has 1 aromatic rings. The molecule has 0 saturated carbocycles. The first-order valence-electron chi connectivity index (χ1n) is 5.21. The van der Waals surface area contributed by atoms with Crippen LogP contribution < -0.4 is 5.32 Å². The maximum absolute atomic E-state index is 11.4. The van der Waals surface area contributed by atoms with E-state index in [2.05, 4.69) is 11.4 Å². The van der Waals surface area contributed by atoms with E-state index in [0.717, 1.165) is 27.9 Å². The van der Waals surface area contributed by atoms with Crippen molar-refractivity contribution in [1.82, 2.24) is 0 Å². The number of hydrogen-bond donors (Lipinski definition) is 1. The summed E-state index contributed by atoms with van der Waals surface area (Å²) in [4.78, 5) is 11.4. The summed E-state index contributed by atoms with van der Waals surface area (Å²) in [7, 11) is 0. The quantitative estimate of drug-likeness (QED) is 0.826. The summed E-state index contributed by atoms with van der Waals surface area (Å²) in [5.41, 5.74) is 5.27. The molecule has 0 saturated heterocycles. The predicted octanol–water partition coefficient (Wildman–Crippen LogP) is 2.77. The van der Waals surface area contributed by atoms with Crippen molar-refractivity contribution < 1.29 is 4.79 Å². The summed E-state index contributed by atoms with van der Waals surface area (Å²) in [6.45, 7) is 7.98. The molecule has 0 radical (unpaired) electrons.